The second kappa shape index (κ2) is 22.2. The van der Waals surface area contributed by atoms with Gasteiger partial charge in [0.25, 0.3) is 0 Å². The van der Waals surface area contributed by atoms with Crippen LogP contribution in [-0.4, -0.2) is 28.2 Å². The molecule has 0 N–H and O–H groups in total. The van der Waals surface area contributed by atoms with Crippen molar-refractivity contribution in [3.05, 3.63) is 339 Å². The number of pyridine rings is 1. The molecule has 464 valence electrons. The largest absolute Gasteiger partial charge is 0.436 e. The standard InChI is InChI=1S/C92H60N6O/c1-57-51-67(52-58(2)93-57)86-87(92-94-76-37-19-24-42-85(76)99-92)89(96-78-39-21-16-34-69(78)73-54-64(44-48-82(73)96)60-27-9-4-10-28-60)91(98-80-41-23-18-36-71(80)75-56-66(46-50-84(75)98)62-31-13-6-14-32-62)90(97-79-40-22-17-35-70(79)74-55-65(45-49-83(74)97)61-29-11-5-12-30-61)88(86)95-77-38-20-15-33-68(77)72-53-63(43-47-81(72)95)59-25-7-3-8-26-59/h3-56H,1-2H3. The Bertz CT molecular complexity index is 6610. The van der Waals surface area contributed by atoms with Crippen LogP contribution in [0.5, 0.6) is 0 Å². The first-order valence-electron chi connectivity index (χ1n) is 33.9. The van der Waals surface area contributed by atoms with Crippen molar-refractivity contribution in [2.24, 2.45) is 0 Å². The number of aromatic nitrogens is 6. The molecule has 7 nitrogen and oxygen atoms in total. The number of hydrogen-bond acceptors (Lipinski definition) is 3. The topological polar surface area (TPSA) is 58.6 Å². The van der Waals surface area contributed by atoms with Gasteiger partial charge >= 0.3 is 0 Å². The highest BCUT2D eigenvalue weighted by Gasteiger charge is 2.37. The number of hydrogen-bond donors (Lipinski definition) is 0. The Kier molecular flexibility index (Phi) is 12.6. The average molecular weight is 1270 g/mol. The minimum atomic E-state index is 0.475. The summed E-state index contributed by atoms with van der Waals surface area (Å²) in [6.07, 6.45) is 0. The first kappa shape index (κ1) is 56.3. The smallest absolute Gasteiger partial charge is 0.230 e. The van der Waals surface area contributed by atoms with Crippen molar-refractivity contribution in [3.8, 4) is 89.8 Å². The van der Waals surface area contributed by atoms with E-state index in [2.05, 4.69) is 348 Å². The van der Waals surface area contributed by atoms with Gasteiger partial charge in [0.05, 0.1) is 72.4 Å². The molecule has 0 atom stereocenters. The summed E-state index contributed by atoms with van der Waals surface area (Å²) >= 11 is 0. The highest BCUT2D eigenvalue weighted by molar-refractivity contribution is 6.19. The molecule has 20 rings (SSSR count). The Morgan fingerprint density at radius 2 is 0.515 bits per heavy atom. The Morgan fingerprint density at radius 1 is 0.222 bits per heavy atom. The number of rotatable bonds is 10. The molecule has 0 amide bonds. The van der Waals surface area contributed by atoms with Crippen molar-refractivity contribution in [2.75, 3.05) is 0 Å². The lowest BCUT2D eigenvalue weighted by Crippen LogP contribution is -2.16. The van der Waals surface area contributed by atoms with Crippen LogP contribution in [0.15, 0.2) is 332 Å². The van der Waals surface area contributed by atoms with E-state index >= 15 is 0 Å². The zero-order valence-electron chi connectivity index (χ0n) is 54.3. The van der Waals surface area contributed by atoms with Gasteiger partial charge < -0.3 is 22.7 Å². The van der Waals surface area contributed by atoms with Crippen molar-refractivity contribution >= 4 is 98.3 Å². The van der Waals surface area contributed by atoms with Gasteiger partial charge in [-0.1, -0.05) is 231 Å². The maximum absolute atomic E-state index is 7.60. The van der Waals surface area contributed by atoms with E-state index in [4.69, 9.17) is 14.4 Å². The van der Waals surface area contributed by atoms with Gasteiger partial charge in [0.2, 0.25) is 5.89 Å². The van der Waals surface area contributed by atoms with Crippen molar-refractivity contribution in [1.82, 2.24) is 28.2 Å². The number of benzene rings is 14. The molecule has 0 saturated carbocycles. The van der Waals surface area contributed by atoms with Crippen molar-refractivity contribution in [2.45, 2.75) is 13.8 Å². The van der Waals surface area contributed by atoms with E-state index in [1.807, 2.05) is 12.1 Å². The average Bonchev–Trinajstić information content (AvgIpc) is 1.59. The molecule has 0 radical (unpaired) electrons. The molecule has 0 fully saturated rings. The second-order valence-electron chi connectivity index (χ2n) is 26.1. The number of aryl methyl sites for hydroxylation is 2. The van der Waals surface area contributed by atoms with Crippen LogP contribution in [0.2, 0.25) is 0 Å². The molecule has 14 aromatic carbocycles. The highest BCUT2D eigenvalue weighted by Crippen LogP contribution is 2.55. The fourth-order valence-electron chi connectivity index (χ4n) is 16.1. The molecule has 6 aromatic heterocycles. The van der Waals surface area contributed by atoms with Crippen LogP contribution in [0.25, 0.3) is 188 Å². The van der Waals surface area contributed by atoms with Crippen molar-refractivity contribution in [3.63, 3.8) is 0 Å². The molecule has 20 aromatic rings. The van der Waals surface area contributed by atoms with E-state index in [1.165, 1.54) is 0 Å². The molecule has 0 spiro atoms. The summed E-state index contributed by atoms with van der Waals surface area (Å²) in [6, 6.07) is 120. The molecule has 0 bridgehead atoms. The minimum Gasteiger partial charge on any atom is -0.436 e. The normalized spacial score (nSPS) is 11.9. The quantitative estimate of drug-likeness (QED) is 0.137. The van der Waals surface area contributed by atoms with E-state index in [9.17, 15) is 0 Å². The molecule has 0 saturated heterocycles. The van der Waals surface area contributed by atoms with Gasteiger partial charge in [0.15, 0.2) is 5.58 Å². The third kappa shape index (κ3) is 8.77. The van der Waals surface area contributed by atoms with Crippen molar-refractivity contribution in [1.29, 1.82) is 0 Å². The van der Waals surface area contributed by atoms with Crippen LogP contribution in [0.3, 0.4) is 0 Å². The summed E-state index contributed by atoms with van der Waals surface area (Å²) < 4.78 is 17.9. The SMILES string of the molecule is Cc1cc(-c2c(-c3nc4ccccc4o3)c(-n3c4ccccc4c4cc(-c5ccccc5)ccc43)c(-n3c4ccccc4c4cc(-c5ccccc5)ccc43)c(-n3c4ccccc4c4cc(-c5ccccc5)ccc43)c2-n2c3ccccc3c3cc(-c4ccccc4)ccc32)cc(C)n1. The van der Waals surface area contributed by atoms with Gasteiger partial charge in [-0.2, -0.15) is 0 Å². The van der Waals surface area contributed by atoms with E-state index in [0.717, 1.165) is 188 Å². The molecular weight excluding hydrogens is 1210 g/mol. The molecule has 0 aliphatic carbocycles. The third-order valence-corrected chi connectivity index (χ3v) is 20.3. The fraction of sp³-hybridized carbons (Fsp3) is 0.0217. The molecule has 7 heteroatoms. The van der Waals surface area contributed by atoms with Crippen LogP contribution in [0.1, 0.15) is 11.4 Å². The molecule has 0 aliphatic heterocycles. The summed E-state index contributed by atoms with van der Waals surface area (Å²) in [4.78, 5) is 11.0. The van der Waals surface area contributed by atoms with Gasteiger partial charge in [0, 0.05) is 60.0 Å². The predicted molar refractivity (Wildman–Crippen MR) is 411 cm³/mol. The third-order valence-electron chi connectivity index (χ3n) is 20.3. The summed E-state index contributed by atoms with van der Waals surface area (Å²) in [5, 5.41) is 8.95. The number of para-hydroxylation sites is 6. The van der Waals surface area contributed by atoms with E-state index in [-0.39, 0.29) is 0 Å². The maximum Gasteiger partial charge on any atom is 0.230 e. The van der Waals surface area contributed by atoms with E-state index < -0.39 is 0 Å². The number of oxazole rings is 1. The Labute approximate surface area is 570 Å². The monoisotopic (exact) mass is 1260 g/mol. The predicted octanol–water partition coefficient (Wildman–Crippen LogP) is 24.2. The van der Waals surface area contributed by atoms with Gasteiger partial charge in [-0.05, 0) is 161 Å². The van der Waals surface area contributed by atoms with Crippen LogP contribution in [0.4, 0.5) is 0 Å². The first-order valence-corrected chi connectivity index (χ1v) is 33.9. The summed E-state index contributed by atoms with van der Waals surface area (Å²) in [7, 11) is 0. The molecular formula is C92H60N6O. The van der Waals surface area contributed by atoms with E-state index in [0.29, 0.717) is 11.5 Å². The lowest BCUT2D eigenvalue weighted by atomic mass is 9.91. The molecule has 0 aliphatic rings. The van der Waals surface area contributed by atoms with Gasteiger partial charge in [-0.15, -0.1) is 0 Å². The first-order chi connectivity index (χ1) is 49.0. The van der Waals surface area contributed by atoms with Crippen LogP contribution >= 0.6 is 0 Å². The zero-order chi connectivity index (χ0) is 65.4. The Hall–Kier alpha value is -13.1. The number of nitrogens with zero attached hydrogens (tertiary/aromatic N) is 6. The fourth-order valence-corrected chi connectivity index (χ4v) is 16.1. The molecule has 6 heterocycles. The minimum absolute atomic E-state index is 0.475. The maximum atomic E-state index is 7.60. The van der Waals surface area contributed by atoms with Crippen LogP contribution < -0.4 is 0 Å². The zero-order valence-corrected chi connectivity index (χ0v) is 54.3. The van der Waals surface area contributed by atoms with Gasteiger partial charge in [0.1, 0.15) is 5.52 Å². The number of fused-ring (bicyclic) bond motifs is 13. The Morgan fingerprint density at radius 3 is 0.869 bits per heavy atom. The second-order valence-corrected chi connectivity index (χ2v) is 26.1. The molecule has 99 heavy (non-hydrogen) atoms. The van der Waals surface area contributed by atoms with Crippen LogP contribution in [0, 0.1) is 13.8 Å². The highest BCUT2D eigenvalue weighted by atomic mass is 16.3. The lowest BCUT2D eigenvalue weighted by Gasteiger charge is -2.30. The van der Waals surface area contributed by atoms with E-state index in [1.54, 1.807) is 0 Å². The summed E-state index contributed by atoms with van der Waals surface area (Å²) in [6.45, 7) is 4.24. The van der Waals surface area contributed by atoms with Gasteiger partial charge in [-0.3, -0.25) is 4.98 Å². The lowest BCUT2D eigenvalue weighted by molar-refractivity contribution is 0.619. The summed E-state index contributed by atoms with van der Waals surface area (Å²) in [5.41, 5.74) is 27.0. The van der Waals surface area contributed by atoms with Crippen molar-refractivity contribution < 1.29 is 4.42 Å². The Balaban J connectivity index is 1.10. The summed E-state index contributed by atoms with van der Waals surface area (Å²) in [5.74, 6) is 0.475. The van der Waals surface area contributed by atoms with Crippen LogP contribution in [-0.2, 0) is 0 Å². The molecule has 0 unspecified atom stereocenters. The van der Waals surface area contributed by atoms with Gasteiger partial charge in [-0.25, -0.2) is 4.98 Å².